The van der Waals surface area contributed by atoms with Crippen LogP contribution >= 0.6 is 0 Å². The third-order valence-electron chi connectivity index (χ3n) is 0.898. The van der Waals surface area contributed by atoms with Crippen LogP contribution in [0.3, 0.4) is 0 Å². The molecule has 0 atom stereocenters. The summed E-state index contributed by atoms with van der Waals surface area (Å²) in [5.41, 5.74) is 15.8. The molecule has 14 heavy (non-hydrogen) atoms. The van der Waals surface area contributed by atoms with Gasteiger partial charge in [-0.15, -0.1) is 0 Å². The van der Waals surface area contributed by atoms with Crippen molar-refractivity contribution in [2.75, 3.05) is 13.2 Å². The number of esters is 2. The Balaban J connectivity index is 3.56. The molecule has 0 aliphatic carbocycles. The second-order valence-electron chi connectivity index (χ2n) is 1.82. The Kier molecular flexibility index (Phi) is 6.15. The summed E-state index contributed by atoms with van der Waals surface area (Å²) in [6.07, 6.45) is 1.11. The van der Waals surface area contributed by atoms with E-state index in [0.29, 0.717) is 12.4 Å². The van der Waals surface area contributed by atoms with Gasteiger partial charge < -0.3 is 20.5 Å². The molecular formula is C6H6N4O4. The van der Waals surface area contributed by atoms with Crippen molar-refractivity contribution in [3.05, 3.63) is 11.1 Å². The third kappa shape index (κ3) is 6.41. The number of hydrogen-bond donors (Lipinski definition) is 0. The Hall–Kier alpha value is -2.30. The van der Waals surface area contributed by atoms with Crippen molar-refractivity contribution >= 4 is 24.4 Å². The van der Waals surface area contributed by atoms with Gasteiger partial charge in [-0.3, -0.25) is 0 Å². The molecule has 0 spiro atoms. The van der Waals surface area contributed by atoms with Crippen LogP contribution in [-0.4, -0.2) is 47.2 Å². The lowest BCUT2D eigenvalue weighted by Gasteiger charge is -1.98. The second kappa shape index (κ2) is 7.35. The van der Waals surface area contributed by atoms with Gasteiger partial charge in [0.2, 0.25) is 0 Å². The van der Waals surface area contributed by atoms with Crippen molar-refractivity contribution in [3.63, 3.8) is 0 Å². The van der Waals surface area contributed by atoms with Crippen molar-refractivity contribution in [2.45, 2.75) is 0 Å². The first-order valence-electron chi connectivity index (χ1n) is 3.39. The van der Waals surface area contributed by atoms with Crippen molar-refractivity contribution in [2.24, 2.45) is 0 Å². The van der Waals surface area contributed by atoms with E-state index in [0.717, 1.165) is 0 Å². The molecule has 8 nitrogen and oxygen atoms in total. The van der Waals surface area contributed by atoms with E-state index in [2.05, 4.69) is 19.1 Å². The molecule has 0 bridgehead atoms. The van der Waals surface area contributed by atoms with Crippen LogP contribution in [0.5, 0.6) is 0 Å². The normalized spacial score (nSPS) is 7.71. The Morgan fingerprint density at radius 2 is 1.36 bits per heavy atom. The Bertz CT molecular complexity index is 282. The zero-order chi connectivity index (χ0) is 10.8. The van der Waals surface area contributed by atoms with Gasteiger partial charge in [0.15, 0.2) is 0 Å². The van der Waals surface area contributed by atoms with E-state index in [1.54, 1.807) is 0 Å². The largest absolute Gasteiger partial charge is 0.454 e. The summed E-state index contributed by atoms with van der Waals surface area (Å²) in [5, 5.41) is 0. The molecule has 0 aliphatic rings. The molecule has 0 radical (unpaired) electrons. The third-order valence-corrected chi connectivity index (χ3v) is 0.898. The van der Waals surface area contributed by atoms with Gasteiger partial charge in [0.25, 0.3) is 0 Å². The highest BCUT2D eigenvalue weighted by Crippen LogP contribution is 1.78. The average molecular weight is 198 g/mol. The van der Waals surface area contributed by atoms with Crippen LogP contribution in [0.2, 0.25) is 0 Å². The highest BCUT2D eigenvalue weighted by molar-refractivity contribution is 6.21. The van der Waals surface area contributed by atoms with Gasteiger partial charge in [-0.2, -0.15) is 9.58 Å². The molecule has 0 amide bonds. The van der Waals surface area contributed by atoms with E-state index in [9.17, 15) is 9.59 Å². The molecule has 0 saturated carbocycles. The first-order chi connectivity index (χ1) is 6.70. The highest BCUT2D eigenvalue weighted by Gasteiger charge is 2.05. The standard InChI is InChI=1S/C6H6N4O4/c7-9-3-5(11)13-1-2-14-6(12)4-10-8/h3-4H,1-2H2. The van der Waals surface area contributed by atoms with Gasteiger partial charge in [0.05, 0.1) is 0 Å². The van der Waals surface area contributed by atoms with Crippen molar-refractivity contribution in [3.8, 4) is 0 Å². The predicted molar refractivity (Wildman–Crippen MR) is 41.3 cm³/mol. The monoisotopic (exact) mass is 198 g/mol. The first-order valence-corrected chi connectivity index (χ1v) is 3.39. The fraction of sp³-hybridized carbons (Fsp3) is 0.333. The van der Waals surface area contributed by atoms with Crippen LogP contribution in [0.25, 0.3) is 11.1 Å². The summed E-state index contributed by atoms with van der Waals surface area (Å²) in [4.78, 5) is 25.8. The van der Waals surface area contributed by atoms with Gasteiger partial charge in [0.1, 0.15) is 13.2 Å². The molecule has 0 saturated heterocycles. The molecule has 0 aromatic heterocycles. The molecule has 0 aromatic rings. The number of carbonyl (C=O) groups is 2. The summed E-state index contributed by atoms with van der Waals surface area (Å²) >= 11 is 0. The molecule has 0 unspecified atom stereocenters. The van der Waals surface area contributed by atoms with E-state index < -0.39 is 11.9 Å². The lowest BCUT2D eigenvalue weighted by molar-refractivity contribution is -0.146. The molecule has 0 rings (SSSR count). The number of carbonyl (C=O) groups excluding carboxylic acids is 2. The van der Waals surface area contributed by atoms with Crippen LogP contribution < -0.4 is 0 Å². The molecule has 8 heteroatoms. The summed E-state index contributed by atoms with van der Waals surface area (Å²) in [6, 6.07) is 0. The number of ether oxygens (including phenoxy) is 2. The molecule has 74 valence electrons. The maximum absolute atomic E-state index is 10.5. The minimum absolute atomic E-state index is 0.185. The lowest BCUT2D eigenvalue weighted by Crippen LogP contribution is -2.15. The van der Waals surface area contributed by atoms with Crippen LogP contribution in [0.4, 0.5) is 0 Å². The maximum Gasteiger partial charge on any atom is 0.413 e. The average Bonchev–Trinajstić information content (AvgIpc) is 2.13. The zero-order valence-electron chi connectivity index (χ0n) is 6.99. The van der Waals surface area contributed by atoms with Gasteiger partial charge >= 0.3 is 24.4 Å². The Morgan fingerprint density at radius 3 is 1.64 bits per heavy atom. The summed E-state index contributed by atoms with van der Waals surface area (Å²) in [7, 11) is 0. The van der Waals surface area contributed by atoms with Gasteiger partial charge in [0, 0.05) is 0 Å². The quantitative estimate of drug-likeness (QED) is 0.178. The molecule has 0 N–H and O–H groups in total. The van der Waals surface area contributed by atoms with E-state index in [-0.39, 0.29) is 13.2 Å². The van der Waals surface area contributed by atoms with Gasteiger partial charge in [-0.05, 0) is 0 Å². The Morgan fingerprint density at radius 1 is 1.00 bits per heavy atom. The van der Waals surface area contributed by atoms with Gasteiger partial charge in [-0.25, -0.2) is 9.59 Å². The molecule has 0 fully saturated rings. The molecular weight excluding hydrogens is 192 g/mol. The van der Waals surface area contributed by atoms with Crippen molar-refractivity contribution in [1.82, 2.24) is 0 Å². The van der Waals surface area contributed by atoms with E-state index >= 15 is 0 Å². The predicted octanol–water partition coefficient (Wildman–Crippen LogP) is -1.33. The molecule has 0 heterocycles. The van der Waals surface area contributed by atoms with Crippen LogP contribution in [0.1, 0.15) is 0 Å². The minimum Gasteiger partial charge on any atom is -0.454 e. The number of nitrogens with zero attached hydrogens (tertiary/aromatic N) is 4. The fourth-order valence-electron chi connectivity index (χ4n) is 0.453. The van der Waals surface area contributed by atoms with E-state index in [1.807, 2.05) is 0 Å². The van der Waals surface area contributed by atoms with Gasteiger partial charge in [-0.1, -0.05) is 0 Å². The zero-order valence-corrected chi connectivity index (χ0v) is 6.99. The minimum atomic E-state index is -0.862. The number of rotatable bonds is 5. The second-order valence-corrected chi connectivity index (χ2v) is 1.82. The van der Waals surface area contributed by atoms with Crippen molar-refractivity contribution in [1.29, 1.82) is 0 Å². The van der Waals surface area contributed by atoms with E-state index in [4.69, 9.17) is 11.1 Å². The lowest BCUT2D eigenvalue weighted by atomic mass is 10.7. The highest BCUT2D eigenvalue weighted by atomic mass is 16.6. The maximum atomic E-state index is 10.5. The van der Waals surface area contributed by atoms with Crippen LogP contribution in [-0.2, 0) is 19.1 Å². The van der Waals surface area contributed by atoms with Crippen molar-refractivity contribution < 1.29 is 28.6 Å². The SMILES string of the molecule is [N-]=[N+]=CC(=O)OCCOC(=O)C=[N+]=[N-]. The van der Waals surface area contributed by atoms with Crippen LogP contribution in [0.15, 0.2) is 0 Å². The molecule has 0 aromatic carbocycles. The van der Waals surface area contributed by atoms with Crippen LogP contribution in [0, 0.1) is 0 Å². The Labute approximate surface area is 78.3 Å². The fourth-order valence-corrected chi connectivity index (χ4v) is 0.453. The smallest absolute Gasteiger partial charge is 0.413 e. The number of hydrogen-bond acceptors (Lipinski definition) is 4. The first kappa shape index (κ1) is 11.7. The molecule has 0 aliphatic heterocycles. The summed E-state index contributed by atoms with van der Waals surface area (Å²) < 4.78 is 8.76. The summed E-state index contributed by atoms with van der Waals surface area (Å²) in [6.45, 7) is -0.369. The topological polar surface area (TPSA) is 125 Å². The van der Waals surface area contributed by atoms with E-state index in [1.165, 1.54) is 0 Å². The summed E-state index contributed by atoms with van der Waals surface area (Å²) in [5.74, 6) is -1.72.